The molecule has 0 aliphatic heterocycles. The summed E-state index contributed by atoms with van der Waals surface area (Å²) in [5, 5.41) is 0. The molecule has 0 unspecified atom stereocenters. The maximum absolute atomic E-state index is 11.1. The molecule has 1 saturated carbocycles. The summed E-state index contributed by atoms with van der Waals surface area (Å²) in [7, 11) is 0. The van der Waals surface area contributed by atoms with Crippen molar-refractivity contribution in [1.29, 1.82) is 0 Å². The van der Waals surface area contributed by atoms with Gasteiger partial charge in [-0.05, 0) is 11.8 Å². The average molecular weight is 155 g/mol. The lowest BCUT2D eigenvalue weighted by atomic mass is 9.90. The molecule has 2 N–H and O–H groups in total. The molecular formula is C8H13NO2. The quantitative estimate of drug-likeness (QED) is 0.560. The van der Waals surface area contributed by atoms with Gasteiger partial charge in [-0.25, -0.2) is 0 Å². The van der Waals surface area contributed by atoms with E-state index in [0.29, 0.717) is 12.8 Å². The van der Waals surface area contributed by atoms with Gasteiger partial charge >= 0.3 is 0 Å². The first kappa shape index (κ1) is 8.24. The normalized spacial score (nSPS) is 28.9. The van der Waals surface area contributed by atoms with E-state index in [-0.39, 0.29) is 11.2 Å². The van der Waals surface area contributed by atoms with Crippen LogP contribution < -0.4 is 5.73 Å². The van der Waals surface area contributed by atoms with E-state index in [1.54, 1.807) is 0 Å². The molecule has 62 valence electrons. The summed E-state index contributed by atoms with van der Waals surface area (Å²) < 4.78 is 0. The lowest BCUT2D eigenvalue weighted by Gasteiger charge is -2.13. The molecule has 0 saturated heterocycles. The zero-order chi connectivity index (χ0) is 8.65. The third-order valence-corrected chi connectivity index (χ3v) is 2.14. The van der Waals surface area contributed by atoms with Gasteiger partial charge in [0.2, 0.25) is 5.91 Å². The predicted molar refractivity (Wildman–Crippen MR) is 40.7 cm³/mol. The number of carbonyl (C=O) groups is 2. The van der Waals surface area contributed by atoms with Gasteiger partial charge < -0.3 is 5.73 Å². The SMILES string of the molecule is CC1(C)CC(=O)[C@@H](C(N)=O)C1. The van der Waals surface area contributed by atoms with Gasteiger partial charge in [0.05, 0.1) is 5.92 Å². The Morgan fingerprint density at radius 2 is 2.18 bits per heavy atom. The molecule has 0 aromatic heterocycles. The van der Waals surface area contributed by atoms with E-state index >= 15 is 0 Å². The Morgan fingerprint density at radius 3 is 2.36 bits per heavy atom. The number of primary amides is 1. The lowest BCUT2D eigenvalue weighted by Crippen LogP contribution is -2.26. The van der Waals surface area contributed by atoms with Crippen LogP contribution in [0.3, 0.4) is 0 Å². The van der Waals surface area contributed by atoms with E-state index in [4.69, 9.17) is 5.73 Å². The Kier molecular flexibility index (Phi) is 1.74. The van der Waals surface area contributed by atoms with Crippen molar-refractivity contribution >= 4 is 11.7 Å². The highest BCUT2D eigenvalue weighted by atomic mass is 16.2. The number of hydrogen-bond donors (Lipinski definition) is 1. The highest BCUT2D eigenvalue weighted by Crippen LogP contribution is 2.38. The smallest absolute Gasteiger partial charge is 0.228 e. The van der Waals surface area contributed by atoms with Crippen LogP contribution in [0.2, 0.25) is 0 Å². The van der Waals surface area contributed by atoms with E-state index < -0.39 is 11.8 Å². The minimum Gasteiger partial charge on any atom is -0.369 e. The van der Waals surface area contributed by atoms with Gasteiger partial charge in [0.15, 0.2) is 0 Å². The maximum atomic E-state index is 11.1. The van der Waals surface area contributed by atoms with E-state index in [1.165, 1.54) is 0 Å². The van der Waals surface area contributed by atoms with Crippen molar-refractivity contribution < 1.29 is 9.59 Å². The molecule has 1 rings (SSSR count). The number of Topliss-reactive ketones (excluding diaryl/α,β-unsaturated/α-hetero) is 1. The highest BCUT2D eigenvalue weighted by molar-refractivity contribution is 6.02. The van der Waals surface area contributed by atoms with Crippen molar-refractivity contribution in [3.8, 4) is 0 Å². The summed E-state index contributed by atoms with van der Waals surface area (Å²) in [4.78, 5) is 21.8. The molecule has 3 nitrogen and oxygen atoms in total. The summed E-state index contributed by atoms with van der Waals surface area (Å²) in [6, 6.07) is 0. The number of rotatable bonds is 1. The summed E-state index contributed by atoms with van der Waals surface area (Å²) in [5.74, 6) is -0.993. The number of hydrogen-bond acceptors (Lipinski definition) is 2. The summed E-state index contributed by atoms with van der Waals surface area (Å²) in [6.45, 7) is 3.96. The lowest BCUT2D eigenvalue weighted by molar-refractivity contribution is -0.130. The second-order valence-corrected chi connectivity index (χ2v) is 3.97. The minimum atomic E-state index is -0.523. The molecule has 0 radical (unpaired) electrons. The number of nitrogens with two attached hydrogens (primary N) is 1. The number of carbonyl (C=O) groups excluding carboxylic acids is 2. The van der Waals surface area contributed by atoms with E-state index in [1.807, 2.05) is 13.8 Å². The maximum Gasteiger partial charge on any atom is 0.228 e. The van der Waals surface area contributed by atoms with Gasteiger partial charge in [-0.1, -0.05) is 13.8 Å². The molecule has 1 aliphatic rings. The standard InChI is InChI=1S/C8H13NO2/c1-8(2)3-5(7(9)11)6(10)4-8/h5H,3-4H2,1-2H3,(H2,9,11)/t5-/m0/s1. The first-order valence-corrected chi connectivity index (χ1v) is 3.74. The molecule has 0 spiro atoms. The summed E-state index contributed by atoms with van der Waals surface area (Å²) in [5.41, 5.74) is 5.02. The first-order valence-electron chi connectivity index (χ1n) is 3.74. The van der Waals surface area contributed by atoms with Crippen molar-refractivity contribution in [1.82, 2.24) is 0 Å². The van der Waals surface area contributed by atoms with Crippen LogP contribution in [-0.4, -0.2) is 11.7 Å². The van der Waals surface area contributed by atoms with Crippen LogP contribution in [0, 0.1) is 11.3 Å². The van der Waals surface area contributed by atoms with Gasteiger partial charge in [-0.2, -0.15) is 0 Å². The molecule has 0 aromatic carbocycles. The molecule has 1 atom stereocenters. The Labute approximate surface area is 66.0 Å². The van der Waals surface area contributed by atoms with Gasteiger partial charge in [-0.15, -0.1) is 0 Å². The van der Waals surface area contributed by atoms with Crippen molar-refractivity contribution in [2.75, 3.05) is 0 Å². The second-order valence-electron chi connectivity index (χ2n) is 3.97. The zero-order valence-electron chi connectivity index (χ0n) is 6.89. The number of ketones is 1. The third kappa shape index (κ3) is 1.59. The fraction of sp³-hybridized carbons (Fsp3) is 0.750. The third-order valence-electron chi connectivity index (χ3n) is 2.14. The van der Waals surface area contributed by atoms with Gasteiger partial charge in [0.1, 0.15) is 5.78 Å². The predicted octanol–water partition coefficient (Wildman–Crippen LogP) is 0.477. The van der Waals surface area contributed by atoms with Crippen LogP contribution in [0.4, 0.5) is 0 Å². The first-order chi connectivity index (χ1) is 4.92. The van der Waals surface area contributed by atoms with Crippen LogP contribution in [0.25, 0.3) is 0 Å². The average Bonchev–Trinajstić information content (AvgIpc) is 2.05. The molecule has 1 aliphatic carbocycles. The molecule has 1 fully saturated rings. The Morgan fingerprint density at radius 1 is 1.64 bits per heavy atom. The Balaban J connectivity index is 2.74. The topological polar surface area (TPSA) is 60.2 Å². The van der Waals surface area contributed by atoms with Crippen LogP contribution >= 0.6 is 0 Å². The van der Waals surface area contributed by atoms with Crippen molar-refractivity contribution in [3.05, 3.63) is 0 Å². The largest absolute Gasteiger partial charge is 0.369 e. The van der Waals surface area contributed by atoms with E-state index in [2.05, 4.69) is 0 Å². The molecule has 1 amide bonds. The van der Waals surface area contributed by atoms with Crippen molar-refractivity contribution in [2.45, 2.75) is 26.7 Å². The highest BCUT2D eigenvalue weighted by Gasteiger charge is 2.40. The van der Waals surface area contributed by atoms with E-state index in [0.717, 1.165) is 0 Å². The Bertz CT molecular complexity index is 208. The molecule has 0 bridgehead atoms. The molecule has 0 aromatic rings. The summed E-state index contributed by atoms with van der Waals surface area (Å²) in [6.07, 6.45) is 1.10. The fourth-order valence-electron chi connectivity index (χ4n) is 1.59. The van der Waals surface area contributed by atoms with Gasteiger partial charge in [-0.3, -0.25) is 9.59 Å². The summed E-state index contributed by atoms with van der Waals surface area (Å²) >= 11 is 0. The van der Waals surface area contributed by atoms with Crippen molar-refractivity contribution in [2.24, 2.45) is 17.1 Å². The zero-order valence-corrected chi connectivity index (χ0v) is 6.89. The van der Waals surface area contributed by atoms with Crippen molar-refractivity contribution in [3.63, 3.8) is 0 Å². The number of amides is 1. The van der Waals surface area contributed by atoms with Gasteiger partial charge in [0, 0.05) is 6.42 Å². The second kappa shape index (κ2) is 2.32. The van der Waals surface area contributed by atoms with Crippen LogP contribution in [-0.2, 0) is 9.59 Å². The molecule has 0 heterocycles. The molecule has 3 heteroatoms. The Hall–Kier alpha value is -0.860. The van der Waals surface area contributed by atoms with Crippen LogP contribution in [0.1, 0.15) is 26.7 Å². The van der Waals surface area contributed by atoms with Gasteiger partial charge in [0.25, 0.3) is 0 Å². The molecular weight excluding hydrogens is 142 g/mol. The minimum absolute atomic E-state index is 0.00231. The van der Waals surface area contributed by atoms with Crippen LogP contribution in [0.5, 0.6) is 0 Å². The fourth-order valence-corrected chi connectivity index (χ4v) is 1.59. The molecule has 11 heavy (non-hydrogen) atoms. The van der Waals surface area contributed by atoms with Crippen LogP contribution in [0.15, 0.2) is 0 Å². The monoisotopic (exact) mass is 155 g/mol. The van der Waals surface area contributed by atoms with E-state index in [9.17, 15) is 9.59 Å².